The van der Waals surface area contributed by atoms with Gasteiger partial charge in [-0.3, -0.25) is 4.35 Å². The Morgan fingerprint density at radius 3 is 2.75 bits per heavy atom. The standard InChI is InChI=1S/C12H19N3Si/c1-4-5-10-16(2,3)15-12-9-7-6-8-11(12)13-14-15/h6-9H,4-5,10H2,1-3H3. The lowest BCUT2D eigenvalue weighted by Gasteiger charge is -2.22. The van der Waals surface area contributed by atoms with Crippen LogP contribution in [0.3, 0.4) is 0 Å². The highest BCUT2D eigenvalue weighted by Crippen LogP contribution is 2.20. The zero-order valence-corrected chi connectivity index (χ0v) is 11.3. The highest BCUT2D eigenvalue weighted by molar-refractivity contribution is 6.76. The topological polar surface area (TPSA) is 30.7 Å². The maximum atomic E-state index is 4.35. The fourth-order valence-electron chi connectivity index (χ4n) is 2.03. The molecule has 3 nitrogen and oxygen atoms in total. The molecular formula is C12H19N3Si. The molecule has 0 atom stereocenters. The highest BCUT2D eigenvalue weighted by Gasteiger charge is 2.26. The summed E-state index contributed by atoms with van der Waals surface area (Å²) in [6.45, 7) is 6.97. The molecule has 0 spiro atoms. The molecule has 2 rings (SSSR count). The molecule has 1 aromatic carbocycles. The van der Waals surface area contributed by atoms with Crippen LogP contribution in [0.1, 0.15) is 19.8 Å². The fraction of sp³-hybridized carbons (Fsp3) is 0.500. The first kappa shape index (κ1) is 11.3. The van der Waals surface area contributed by atoms with Gasteiger partial charge in [-0.05, 0) is 31.3 Å². The van der Waals surface area contributed by atoms with Crippen molar-refractivity contribution in [2.24, 2.45) is 0 Å². The molecule has 0 unspecified atom stereocenters. The van der Waals surface area contributed by atoms with Gasteiger partial charge in [-0.2, -0.15) is 0 Å². The molecule has 16 heavy (non-hydrogen) atoms. The summed E-state index contributed by atoms with van der Waals surface area (Å²) in [5, 5.41) is 8.59. The molecule has 0 aliphatic rings. The lowest BCUT2D eigenvalue weighted by molar-refractivity contribution is 0.809. The van der Waals surface area contributed by atoms with Gasteiger partial charge in [0.15, 0.2) is 8.24 Å². The summed E-state index contributed by atoms with van der Waals surface area (Å²) in [7, 11) is -1.47. The Bertz CT molecular complexity index is 476. The largest absolute Gasteiger partial charge is 0.275 e. The molecule has 0 fully saturated rings. The molecule has 0 saturated carbocycles. The predicted molar refractivity (Wildman–Crippen MR) is 70.1 cm³/mol. The smallest absolute Gasteiger partial charge is 0.182 e. The number of unbranched alkanes of at least 4 members (excludes halogenated alkanes) is 1. The van der Waals surface area contributed by atoms with Crippen molar-refractivity contribution < 1.29 is 0 Å². The van der Waals surface area contributed by atoms with Gasteiger partial charge in [0.25, 0.3) is 0 Å². The van der Waals surface area contributed by atoms with Gasteiger partial charge in [0.2, 0.25) is 0 Å². The maximum absolute atomic E-state index is 4.35. The summed E-state index contributed by atoms with van der Waals surface area (Å²) in [4.78, 5) is 0. The Morgan fingerprint density at radius 1 is 1.25 bits per heavy atom. The first-order valence-corrected chi connectivity index (χ1v) is 9.11. The Kier molecular flexibility index (Phi) is 3.09. The van der Waals surface area contributed by atoms with Crippen LogP contribution in [0.25, 0.3) is 11.0 Å². The first-order chi connectivity index (χ1) is 7.65. The summed E-state index contributed by atoms with van der Waals surface area (Å²) in [5.41, 5.74) is 2.20. The third-order valence-corrected chi connectivity index (χ3v) is 6.12. The highest BCUT2D eigenvalue weighted by atomic mass is 28.3. The van der Waals surface area contributed by atoms with Gasteiger partial charge in [-0.15, -0.1) is 5.10 Å². The second-order valence-electron chi connectivity index (χ2n) is 4.91. The van der Waals surface area contributed by atoms with Gasteiger partial charge in [-0.25, -0.2) is 0 Å². The molecule has 2 aromatic rings. The van der Waals surface area contributed by atoms with E-state index >= 15 is 0 Å². The average Bonchev–Trinajstić information content (AvgIpc) is 2.71. The van der Waals surface area contributed by atoms with Crippen LogP contribution in [0.15, 0.2) is 24.3 Å². The van der Waals surface area contributed by atoms with Crippen LogP contribution < -0.4 is 0 Å². The number of aromatic nitrogens is 3. The molecule has 1 heterocycles. The number of nitrogens with zero attached hydrogens (tertiary/aromatic N) is 3. The Morgan fingerprint density at radius 2 is 2.00 bits per heavy atom. The quantitative estimate of drug-likeness (QED) is 0.759. The minimum Gasteiger partial charge on any atom is -0.275 e. The van der Waals surface area contributed by atoms with Gasteiger partial charge in [0, 0.05) is 0 Å². The molecule has 0 amide bonds. The lowest BCUT2D eigenvalue weighted by Crippen LogP contribution is -2.37. The molecule has 0 N–H and O–H groups in total. The van der Waals surface area contributed by atoms with Crippen LogP contribution in [-0.2, 0) is 0 Å². The third-order valence-electron chi connectivity index (χ3n) is 3.07. The third kappa shape index (κ3) is 2.02. The minimum absolute atomic E-state index is 1.01. The van der Waals surface area contributed by atoms with Crippen molar-refractivity contribution in [2.45, 2.75) is 38.9 Å². The van der Waals surface area contributed by atoms with Gasteiger partial charge >= 0.3 is 0 Å². The molecular weight excluding hydrogens is 214 g/mol. The van der Waals surface area contributed by atoms with Crippen molar-refractivity contribution >= 4 is 19.3 Å². The summed E-state index contributed by atoms with van der Waals surface area (Å²) in [6, 6.07) is 9.50. The summed E-state index contributed by atoms with van der Waals surface area (Å²) in [6.07, 6.45) is 2.54. The van der Waals surface area contributed by atoms with E-state index in [0.29, 0.717) is 0 Å². The van der Waals surface area contributed by atoms with Crippen molar-refractivity contribution in [3.8, 4) is 0 Å². The molecule has 0 aliphatic carbocycles. The zero-order chi connectivity index (χ0) is 11.6. The summed E-state index contributed by atoms with van der Waals surface area (Å²) in [5.74, 6) is 0. The first-order valence-electron chi connectivity index (χ1n) is 5.96. The van der Waals surface area contributed by atoms with Crippen LogP contribution >= 0.6 is 0 Å². The number of rotatable bonds is 4. The molecule has 0 radical (unpaired) electrons. The lowest BCUT2D eigenvalue weighted by atomic mass is 10.3. The summed E-state index contributed by atoms with van der Waals surface area (Å²) >= 11 is 0. The number of hydrogen-bond acceptors (Lipinski definition) is 2. The van der Waals surface area contributed by atoms with Crippen LogP contribution in [0, 0.1) is 0 Å². The van der Waals surface area contributed by atoms with Crippen molar-refractivity contribution in [3.63, 3.8) is 0 Å². The average molecular weight is 233 g/mol. The van der Waals surface area contributed by atoms with E-state index in [1.165, 1.54) is 24.4 Å². The second-order valence-corrected chi connectivity index (χ2v) is 9.45. The number of fused-ring (bicyclic) bond motifs is 1. The van der Waals surface area contributed by atoms with Crippen LogP contribution in [-0.4, -0.2) is 22.9 Å². The molecule has 1 aromatic heterocycles. The van der Waals surface area contributed by atoms with Crippen molar-refractivity contribution in [2.75, 3.05) is 0 Å². The maximum Gasteiger partial charge on any atom is 0.182 e. The minimum atomic E-state index is -1.47. The fourth-order valence-corrected chi connectivity index (χ4v) is 4.59. The Labute approximate surface area is 97.6 Å². The van der Waals surface area contributed by atoms with E-state index in [4.69, 9.17) is 0 Å². The van der Waals surface area contributed by atoms with Gasteiger partial charge in [0.1, 0.15) is 5.52 Å². The Hall–Kier alpha value is -1.16. The van der Waals surface area contributed by atoms with Crippen molar-refractivity contribution in [3.05, 3.63) is 24.3 Å². The normalized spacial score (nSPS) is 12.2. The molecule has 4 heteroatoms. The van der Waals surface area contributed by atoms with E-state index in [-0.39, 0.29) is 0 Å². The predicted octanol–water partition coefficient (Wildman–Crippen LogP) is 3.28. The van der Waals surface area contributed by atoms with Crippen LogP contribution in [0.2, 0.25) is 19.1 Å². The molecule has 0 bridgehead atoms. The Balaban J connectivity index is 2.38. The number of para-hydroxylation sites is 1. The van der Waals surface area contributed by atoms with E-state index in [1.54, 1.807) is 0 Å². The van der Waals surface area contributed by atoms with Gasteiger partial charge in [0.05, 0.1) is 5.52 Å². The summed E-state index contributed by atoms with van der Waals surface area (Å²) < 4.78 is 2.19. The van der Waals surface area contributed by atoms with Crippen molar-refractivity contribution in [1.29, 1.82) is 0 Å². The number of hydrogen-bond donors (Lipinski definition) is 0. The van der Waals surface area contributed by atoms with E-state index in [9.17, 15) is 0 Å². The second kappa shape index (κ2) is 4.37. The van der Waals surface area contributed by atoms with E-state index < -0.39 is 8.24 Å². The molecule has 0 aliphatic heterocycles. The van der Waals surface area contributed by atoms with Gasteiger partial charge in [-0.1, -0.05) is 37.1 Å². The number of benzene rings is 1. The van der Waals surface area contributed by atoms with Gasteiger partial charge < -0.3 is 0 Å². The zero-order valence-electron chi connectivity index (χ0n) is 10.3. The van der Waals surface area contributed by atoms with E-state index in [0.717, 1.165) is 5.52 Å². The van der Waals surface area contributed by atoms with Crippen LogP contribution in [0.5, 0.6) is 0 Å². The SMILES string of the molecule is CCCC[Si](C)(C)n1nnc2ccccc21. The molecule has 0 saturated heterocycles. The van der Waals surface area contributed by atoms with Crippen molar-refractivity contribution in [1.82, 2.24) is 14.7 Å². The van der Waals surface area contributed by atoms with E-state index in [1.807, 2.05) is 12.1 Å². The molecule has 86 valence electrons. The van der Waals surface area contributed by atoms with Crippen LogP contribution in [0.4, 0.5) is 0 Å². The monoisotopic (exact) mass is 233 g/mol. The van der Waals surface area contributed by atoms with E-state index in [2.05, 4.69) is 46.8 Å².